The van der Waals surface area contributed by atoms with Gasteiger partial charge in [-0.05, 0) is 95.8 Å². The summed E-state index contributed by atoms with van der Waals surface area (Å²) in [6.07, 6.45) is 11.3. The van der Waals surface area contributed by atoms with Crippen LogP contribution in [-0.4, -0.2) is 42.4 Å². The summed E-state index contributed by atoms with van der Waals surface area (Å²) in [5.41, 5.74) is 2.03. The average Bonchev–Trinajstić information content (AvgIpc) is 2.90. The first-order valence-electron chi connectivity index (χ1n) is 12.5. The smallest absolute Gasteiger partial charge is 0.399 e. The van der Waals surface area contributed by atoms with Gasteiger partial charge in [-0.3, -0.25) is 0 Å². The van der Waals surface area contributed by atoms with Crippen molar-refractivity contribution in [3.63, 3.8) is 0 Å². The van der Waals surface area contributed by atoms with E-state index in [4.69, 9.17) is 9.31 Å². The Kier molecular flexibility index (Phi) is 6.68. The van der Waals surface area contributed by atoms with Gasteiger partial charge in [-0.2, -0.15) is 0 Å². The van der Waals surface area contributed by atoms with E-state index in [1.165, 1.54) is 70.0 Å². The van der Waals surface area contributed by atoms with Gasteiger partial charge < -0.3 is 14.2 Å². The third-order valence-corrected chi connectivity index (χ3v) is 8.59. The van der Waals surface area contributed by atoms with E-state index in [2.05, 4.69) is 63.8 Å². The van der Waals surface area contributed by atoms with E-state index in [-0.39, 0.29) is 18.3 Å². The summed E-state index contributed by atoms with van der Waals surface area (Å²) in [6, 6.07) is 9.94. The molecule has 2 aliphatic heterocycles. The molecule has 1 aromatic rings. The molecule has 0 spiro atoms. The highest BCUT2D eigenvalue weighted by atomic mass is 16.7. The Morgan fingerprint density at radius 3 is 2.10 bits per heavy atom. The quantitative estimate of drug-likeness (QED) is 0.609. The summed E-state index contributed by atoms with van der Waals surface area (Å²) >= 11 is 0. The standard InChI is InChI=1S/C26H42BNO2/c1-20(21-10-9-18-28(19-17-21)24-11-7-6-8-12-24)22-13-15-23(16-14-22)27-29-25(2,3)26(4,5)30-27/h13-16,20-21,24H,6-12,17-19H2,1-5H3. The summed E-state index contributed by atoms with van der Waals surface area (Å²) in [4.78, 5) is 2.83. The summed E-state index contributed by atoms with van der Waals surface area (Å²) < 4.78 is 12.4. The van der Waals surface area contributed by atoms with Gasteiger partial charge in [-0.15, -0.1) is 0 Å². The summed E-state index contributed by atoms with van der Waals surface area (Å²) in [5.74, 6) is 1.41. The van der Waals surface area contributed by atoms with Gasteiger partial charge in [0.05, 0.1) is 11.2 Å². The molecule has 1 saturated carbocycles. The average molecular weight is 411 g/mol. The molecule has 1 aromatic carbocycles. The Labute approximate surface area is 185 Å². The van der Waals surface area contributed by atoms with Gasteiger partial charge in [-0.1, -0.05) is 50.5 Å². The zero-order valence-corrected chi connectivity index (χ0v) is 20.0. The van der Waals surface area contributed by atoms with Gasteiger partial charge in [0.1, 0.15) is 0 Å². The SMILES string of the molecule is CC(c1ccc(B2OC(C)(C)C(C)(C)O2)cc1)C1CCCN(C2CCCCC2)CC1. The van der Waals surface area contributed by atoms with Gasteiger partial charge in [0.2, 0.25) is 0 Å². The van der Waals surface area contributed by atoms with Gasteiger partial charge in [0, 0.05) is 6.04 Å². The molecule has 30 heavy (non-hydrogen) atoms. The minimum atomic E-state index is -0.284. The maximum absolute atomic E-state index is 6.22. The van der Waals surface area contributed by atoms with Gasteiger partial charge in [-0.25, -0.2) is 0 Å². The number of benzene rings is 1. The highest BCUT2D eigenvalue weighted by molar-refractivity contribution is 6.62. The molecule has 3 fully saturated rings. The first-order chi connectivity index (χ1) is 14.3. The van der Waals surface area contributed by atoms with E-state index in [1.807, 2.05) is 0 Å². The summed E-state index contributed by atoms with van der Waals surface area (Å²) in [6.45, 7) is 13.5. The van der Waals surface area contributed by atoms with Gasteiger partial charge in [0.15, 0.2) is 0 Å². The molecule has 0 aromatic heterocycles. The number of likely N-dealkylation sites (tertiary alicyclic amines) is 1. The van der Waals surface area contributed by atoms with Crippen molar-refractivity contribution in [1.29, 1.82) is 0 Å². The summed E-state index contributed by atoms with van der Waals surface area (Å²) in [7, 11) is -0.263. The second-order valence-electron chi connectivity index (χ2n) is 11.1. The Morgan fingerprint density at radius 2 is 1.47 bits per heavy atom. The molecule has 0 bridgehead atoms. The van der Waals surface area contributed by atoms with E-state index in [0.717, 1.165) is 17.4 Å². The fraction of sp³-hybridized carbons (Fsp3) is 0.769. The lowest BCUT2D eigenvalue weighted by Gasteiger charge is -2.33. The second kappa shape index (κ2) is 8.96. The van der Waals surface area contributed by atoms with Crippen LogP contribution < -0.4 is 5.46 Å². The first kappa shape index (κ1) is 22.4. The zero-order chi connectivity index (χ0) is 21.4. The molecule has 2 saturated heterocycles. The Morgan fingerprint density at radius 1 is 0.833 bits per heavy atom. The lowest BCUT2D eigenvalue weighted by molar-refractivity contribution is 0.00578. The molecule has 2 unspecified atom stereocenters. The molecular weight excluding hydrogens is 369 g/mol. The molecule has 2 atom stereocenters. The number of hydrogen-bond donors (Lipinski definition) is 0. The molecule has 166 valence electrons. The van der Waals surface area contributed by atoms with Crippen molar-refractivity contribution in [2.45, 2.75) is 109 Å². The van der Waals surface area contributed by atoms with Crippen LogP contribution in [0, 0.1) is 5.92 Å². The van der Waals surface area contributed by atoms with Crippen molar-refractivity contribution in [3.05, 3.63) is 29.8 Å². The van der Waals surface area contributed by atoms with E-state index in [1.54, 1.807) is 0 Å². The highest BCUT2D eigenvalue weighted by Crippen LogP contribution is 2.37. The Balaban J connectivity index is 1.36. The van der Waals surface area contributed by atoms with Crippen LogP contribution in [-0.2, 0) is 9.31 Å². The topological polar surface area (TPSA) is 21.7 Å². The predicted molar refractivity (Wildman–Crippen MR) is 126 cm³/mol. The van der Waals surface area contributed by atoms with E-state index >= 15 is 0 Å². The predicted octanol–water partition coefficient (Wildman–Crippen LogP) is 5.52. The normalized spacial score (nSPS) is 29.0. The van der Waals surface area contributed by atoms with E-state index in [9.17, 15) is 0 Å². The van der Waals surface area contributed by atoms with Gasteiger partial charge in [0.25, 0.3) is 0 Å². The van der Waals surface area contributed by atoms with E-state index < -0.39 is 0 Å². The minimum Gasteiger partial charge on any atom is -0.399 e. The molecule has 2 heterocycles. The van der Waals surface area contributed by atoms with Crippen LogP contribution in [0.25, 0.3) is 0 Å². The first-order valence-corrected chi connectivity index (χ1v) is 12.5. The fourth-order valence-electron chi connectivity index (χ4n) is 5.66. The molecular formula is C26H42BNO2. The Bertz CT molecular complexity index is 679. The van der Waals surface area contributed by atoms with E-state index in [0.29, 0.717) is 5.92 Å². The molecule has 4 heteroatoms. The molecule has 3 nitrogen and oxygen atoms in total. The number of hydrogen-bond acceptors (Lipinski definition) is 3. The van der Waals surface area contributed by atoms with Crippen LogP contribution >= 0.6 is 0 Å². The minimum absolute atomic E-state index is 0.263. The molecule has 0 N–H and O–H groups in total. The third-order valence-electron chi connectivity index (χ3n) is 8.59. The second-order valence-corrected chi connectivity index (χ2v) is 11.1. The van der Waals surface area contributed by atoms with Crippen molar-refractivity contribution >= 4 is 12.6 Å². The molecule has 4 rings (SSSR count). The molecule has 0 amide bonds. The van der Waals surface area contributed by atoms with Crippen molar-refractivity contribution in [3.8, 4) is 0 Å². The Hall–Kier alpha value is -0.835. The fourth-order valence-corrected chi connectivity index (χ4v) is 5.66. The van der Waals surface area contributed by atoms with Crippen molar-refractivity contribution in [2.75, 3.05) is 13.1 Å². The third kappa shape index (κ3) is 4.66. The lowest BCUT2D eigenvalue weighted by atomic mass is 9.77. The van der Waals surface area contributed by atoms with Crippen molar-refractivity contribution in [1.82, 2.24) is 4.90 Å². The van der Waals surface area contributed by atoms with Crippen molar-refractivity contribution < 1.29 is 9.31 Å². The maximum Gasteiger partial charge on any atom is 0.494 e. The van der Waals surface area contributed by atoms with Crippen LogP contribution in [0.2, 0.25) is 0 Å². The summed E-state index contributed by atoms with van der Waals surface area (Å²) in [5, 5.41) is 0. The maximum atomic E-state index is 6.22. The largest absolute Gasteiger partial charge is 0.494 e. The zero-order valence-electron chi connectivity index (χ0n) is 20.0. The molecule has 0 radical (unpaired) electrons. The van der Waals surface area contributed by atoms with Crippen LogP contribution in [0.5, 0.6) is 0 Å². The highest BCUT2D eigenvalue weighted by Gasteiger charge is 2.51. The monoisotopic (exact) mass is 411 g/mol. The van der Waals surface area contributed by atoms with Crippen molar-refractivity contribution in [2.24, 2.45) is 5.92 Å². The molecule has 1 aliphatic carbocycles. The van der Waals surface area contributed by atoms with Gasteiger partial charge >= 0.3 is 7.12 Å². The molecule has 3 aliphatic rings. The van der Waals surface area contributed by atoms with Crippen LogP contribution in [0.15, 0.2) is 24.3 Å². The number of rotatable bonds is 4. The number of nitrogens with zero attached hydrogens (tertiary/aromatic N) is 1. The van der Waals surface area contributed by atoms with Crippen LogP contribution in [0.4, 0.5) is 0 Å². The van der Waals surface area contributed by atoms with Crippen LogP contribution in [0.3, 0.4) is 0 Å². The lowest BCUT2D eigenvalue weighted by Crippen LogP contribution is -2.41. The van der Waals surface area contributed by atoms with Crippen LogP contribution in [0.1, 0.15) is 97.5 Å².